The molecule has 9 heteroatoms. The first-order valence-electron chi connectivity index (χ1n) is 9.20. The first-order valence-corrected chi connectivity index (χ1v) is 10.7. The highest BCUT2D eigenvalue weighted by atomic mass is 32.2. The lowest BCUT2D eigenvalue weighted by Gasteiger charge is -2.17. The lowest BCUT2D eigenvalue weighted by Crippen LogP contribution is -2.27. The molecule has 2 aromatic carbocycles. The molecule has 5 nitrogen and oxygen atoms in total. The molecule has 2 aromatic rings. The van der Waals surface area contributed by atoms with E-state index >= 15 is 0 Å². The summed E-state index contributed by atoms with van der Waals surface area (Å²) >= 11 is 0. The monoisotopic (exact) mass is 428 g/mol. The zero-order valence-electron chi connectivity index (χ0n) is 16.1. The van der Waals surface area contributed by atoms with Crippen LogP contribution in [0.4, 0.5) is 18.9 Å². The average molecular weight is 428 g/mol. The molecular weight excluding hydrogens is 405 g/mol. The lowest BCUT2D eigenvalue weighted by molar-refractivity contribution is -0.153. The van der Waals surface area contributed by atoms with Crippen molar-refractivity contribution < 1.29 is 26.3 Å². The summed E-state index contributed by atoms with van der Waals surface area (Å²) in [7, 11) is -3.61. The molecule has 1 aliphatic carbocycles. The summed E-state index contributed by atoms with van der Waals surface area (Å²) in [4.78, 5) is 0.261. The van der Waals surface area contributed by atoms with Crippen molar-refractivity contribution in [2.24, 2.45) is 0 Å². The second kappa shape index (κ2) is 8.23. The van der Waals surface area contributed by atoms with Crippen molar-refractivity contribution in [1.29, 1.82) is 0 Å². The maximum Gasteiger partial charge on any atom is 0.422 e. The summed E-state index contributed by atoms with van der Waals surface area (Å²) in [6, 6.07) is 9.89. The van der Waals surface area contributed by atoms with Gasteiger partial charge in [0.25, 0.3) is 0 Å². The normalized spacial score (nSPS) is 14.7. The number of ether oxygens (including phenoxy) is 1. The summed E-state index contributed by atoms with van der Waals surface area (Å²) in [5.74, 6) is 0.124. The molecule has 29 heavy (non-hydrogen) atoms. The van der Waals surface area contributed by atoms with Gasteiger partial charge in [-0.25, -0.2) is 13.1 Å². The molecule has 0 radical (unpaired) electrons. The maximum atomic E-state index is 12.7. The number of benzene rings is 2. The van der Waals surface area contributed by atoms with Crippen LogP contribution in [0.15, 0.2) is 41.3 Å². The molecule has 0 heterocycles. The molecule has 1 fully saturated rings. The van der Waals surface area contributed by atoms with Gasteiger partial charge in [-0.2, -0.15) is 13.2 Å². The molecule has 0 unspecified atom stereocenters. The second-order valence-electron chi connectivity index (χ2n) is 7.18. The number of aryl methyl sites for hydroxylation is 1. The number of rotatable bonds is 8. The Kier molecular flexibility index (Phi) is 6.09. The summed E-state index contributed by atoms with van der Waals surface area (Å²) < 4.78 is 69.8. The number of hydrogen-bond donors (Lipinski definition) is 2. The molecule has 1 aliphatic rings. The predicted molar refractivity (Wildman–Crippen MR) is 105 cm³/mol. The smallest absolute Gasteiger partial charge is 0.422 e. The van der Waals surface area contributed by atoms with Gasteiger partial charge >= 0.3 is 6.18 Å². The van der Waals surface area contributed by atoms with Crippen LogP contribution in [0.5, 0.6) is 5.75 Å². The summed E-state index contributed by atoms with van der Waals surface area (Å²) in [6.07, 6.45) is -2.70. The zero-order valence-corrected chi connectivity index (χ0v) is 17.0. The van der Waals surface area contributed by atoms with E-state index in [2.05, 4.69) is 10.0 Å². The summed E-state index contributed by atoms with van der Waals surface area (Å²) in [5, 5.41) is 3.17. The fourth-order valence-corrected chi connectivity index (χ4v) is 4.82. The third-order valence-corrected chi connectivity index (χ3v) is 6.36. The van der Waals surface area contributed by atoms with Crippen LogP contribution in [0.25, 0.3) is 0 Å². The molecule has 0 amide bonds. The number of hydrogen-bond acceptors (Lipinski definition) is 4. The van der Waals surface area contributed by atoms with Crippen LogP contribution >= 0.6 is 0 Å². The number of halogens is 3. The van der Waals surface area contributed by atoms with Crippen molar-refractivity contribution in [3.8, 4) is 5.75 Å². The minimum absolute atomic E-state index is 0.00912. The SMILES string of the molecule is Cc1ccc(NCc2cccc(OCC(F)(F)F)c2)c(C)c1S(=O)(=O)NC1CC1. The predicted octanol–water partition coefficient (Wildman–Crippen LogP) is 4.30. The van der Waals surface area contributed by atoms with Crippen molar-refractivity contribution in [2.45, 2.75) is 50.3 Å². The molecule has 0 aromatic heterocycles. The Balaban J connectivity index is 1.73. The fraction of sp³-hybridized carbons (Fsp3) is 0.400. The summed E-state index contributed by atoms with van der Waals surface area (Å²) in [5.41, 5.74) is 2.62. The van der Waals surface area contributed by atoms with Crippen LogP contribution in [0.3, 0.4) is 0 Å². The maximum absolute atomic E-state index is 12.7. The molecule has 0 bridgehead atoms. The molecule has 0 saturated heterocycles. The quantitative estimate of drug-likeness (QED) is 0.658. The minimum Gasteiger partial charge on any atom is -0.484 e. The van der Waals surface area contributed by atoms with E-state index in [0.29, 0.717) is 28.9 Å². The van der Waals surface area contributed by atoms with E-state index < -0.39 is 22.8 Å². The molecule has 0 spiro atoms. The molecule has 0 aliphatic heterocycles. The Hall–Kier alpha value is -2.26. The Morgan fingerprint density at radius 3 is 2.52 bits per heavy atom. The van der Waals surface area contributed by atoms with Gasteiger partial charge in [-0.3, -0.25) is 0 Å². The second-order valence-corrected chi connectivity index (χ2v) is 8.84. The van der Waals surface area contributed by atoms with Crippen LogP contribution in [0.1, 0.15) is 29.5 Å². The van der Waals surface area contributed by atoms with Crippen LogP contribution in [0, 0.1) is 13.8 Å². The molecule has 3 rings (SSSR count). The zero-order chi connectivity index (χ0) is 21.2. The van der Waals surface area contributed by atoms with Gasteiger partial charge in [0.2, 0.25) is 10.0 Å². The standard InChI is InChI=1S/C20H23F3N2O3S/c1-13-6-9-18(14(2)19(13)29(26,27)25-16-7-8-16)24-11-15-4-3-5-17(10-15)28-12-20(21,22)23/h3-6,9-10,16,24-25H,7-8,11-12H2,1-2H3. The van der Waals surface area contributed by atoms with Gasteiger partial charge in [0, 0.05) is 18.3 Å². The average Bonchev–Trinajstić information content (AvgIpc) is 3.42. The minimum atomic E-state index is -4.40. The number of anilines is 1. The van der Waals surface area contributed by atoms with Gasteiger partial charge in [-0.15, -0.1) is 0 Å². The van der Waals surface area contributed by atoms with Gasteiger partial charge < -0.3 is 10.1 Å². The highest BCUT2D eigenvalue weighted by Crippen LogP contribution is 2.30. The van der Waals surface area contributed by atoms with E-state index in [0.717, 1.165) is 12.8 Å². The third-order valence-electron chi connectivity index (χ3n) is 4.55. The largest absolute Gasteiger partial charge is 0.484 e. The van der Waals surface area contributed by atoms with E-state index in [9.17, 15) is 21.6 Å². The third kappa shape index (κ3) is 5.86. The molecular formula is C20H23F3N2O3S. The Morgan fingerprint density at radius 2 is 1.86 bits per heavy atom. The topological polar surface area (TPSA) is 67.4 Å². The fourth-order valence-electron chi connectivity index (χ4n) is 3.02. The van der Waals surface area contributed by atoms with Crippen molar-refractivity contribution in [3.05, 3.63) is 53.1 Å². The van der Waals surface area contributed by atoms with E-state index in [1.54, 1.807) is 38.1 Å². The van der Waals surface area contributed by atoms with Crippen molar-refractivity contribution in [1.82, 2.24) is 4.72 Å². The van der Waals surface area contributed by atoms with Gasteiger partial charge in [0.15, 0.2) is 6.61 Å². The first kappa shape index (κ1) is 21.4. The highest BCUT2D eigenvalue weighted by molar-refractivity contribution is 7.89. The Morgan fingerprint density at radius 1 is 1.14 bits per heavy atom. The Labute approximate surface area is 168 Å². The molecule has 158 valence electrons. The number of sulfonamides is 1. The van der Waals surface area contributed by atoms with Crippen molar-refractivity contribution in [3.63, 3.8) is 0 Å². The van der Waals surface area contributed by atoms with Gasteiger partial charge in [-0.05, 0) is 61.6 Å². The van der Waals surface area contributed by atoms with Crippen LogP contribution in [-0.4, -0.2) is 27.2 Å². The van der Waals surface area contributed by atoms with E-state index in [1.165, 1.54) is 12.1 Å². The number of nitrogens with one attached hydrogen (secondary N) is 2. The van der Waals surface area contributed by atoms with Gasteiger partial charge in [-0.1, -0.05) is 18.2 Å². The van der Waals surface area contributed by atoms with E-state index in [-0.39, 0.29) is 16.7 Å². The van der Waals surface area contributed by atoms with Crippen LogP contribution in [-0.2, 0) is 16.6 Å². The Bertz CT molecular complexity index is 987. The lowest BCUT2D eigenvalue weighted by atomic mass is 10.1. The van der Waals surface area contributed by atoms with E-state index in [1.807, 2.05) is 0 Å². The number of alkyl halides is 3. The first-order chi connectivity index (χ1) is 13.5. The molecule has 0 atom stereocenters. The highest BCUT2D eigenvalue weighted by Gasteiger charge is 2.30. The van der Waals surface area contributed by atoms with Crippen LogP contribution < -0.4 is 14.8 Å². The van der Waals surface area contributed by atoms with E-state index in [4.69, 9.17) is 4.74 Å². The van der Waals surface area contributed by atoms with Crippen LogP contribution in [0.2, 0.25) is 0 Å². The van der Waals surface area contributed by atoms with Crippen molar-refractivity contribution in [2.75, 3.05) is 11.9 Å². The van der Waals surface area contributed by atoms with Gasteiger partial charge in [0.05, 0.1) is 4.90 Å². The van der Waals surface area contributed by atoms with Gasteiger partial charge in [0.1, 0.15) is 5.75 Å². The van der Waals surface area contributed by atoms with Crippen molar-refractivity contribution >= 4 is 15.7 Å². The molecule has 1 saturated carbocycles. The summed E-state index contributed by atoms with van der Waals surface area (Å²) in [6.45, 7) is 2.44. The molecule has 2 N–H and O–H groups in total.